The number of aromatic amines is 1. The van der Waals surface area contributed by atoms with Gasteiger partial charge in [-0.15, -0.1) is 0 Å². The number of imidazole rings is 1. The van der Waals surface area contributed by atoms with Gasteiger partial charge in [0.15, 0.2) is 5.65 Å². The zero-order valence-electron chi connectivity index (χ0n) is 6.83. The summed E-state index contributed by atoms with van der Waals surface area (Å²) < 4.78 is 0. The van der Waals surface area contributed by atoms with Crippen molar-refractivity contribution >= 4 is 16.9 Å². The average Bonchev–Trinajstić information content (AvgIpc) is 2.49. The smallest absolute Gasteiger partial charge is 0.179 e. The molecule has 4 heteroatoms. The Morgan fingerprint density at radius 1 is 1.58 bits per heavy atom. The van der Waals surface area contributed by atoms with Crippen molar-refractivity contribution in [2.24, 2.45) is 0 Å². The van der Waals surface area contributed by atoms with Crippen molar-refractivity contribution in [3.8, 4) is 0 Å². The maximum Gasteiger partial charge on any atom is 0.179 e. The molecule has 0 aliphatic rings. The number of nitrogen functional groups attached to an aromatic ring is 1. The number of nitrogens with one attached hydrogen (secondary N) is 1. The SMILES string of the molecule is CCc1nc2nccc(N)c2[nH]1. The fourth-order valence-electron chi connectivity index (χ4n) is 1.15. The van der Waals surface area contributed by atoms with Crippen LogP contribution in [0.5, 0.6) is 0 Å². The fourth-order valence-corrected chi connectivity index (χ4v) is 1.15. The molecule has 3 N–H and O–H groups in total. The van der Waals surface area contributed by atoms with Crippen molar-refractivity contribution in [1.82, 2.24) is 15.0 Å². The Balaban J connectivity index is 2.74. The van der Waals surface area contributed by atoms with E-state index in [2.05, 4.69) is 15.0 Å². The Bertz CT molecular complexity index is 404. The lowest BCUT2D eigenvalue weighted by atomic mass is 10.4. The number of anilines is 1. The first-order chi connectivity index (χ1) is 5.81. The second kappa shape index (κ2) is 2.48. The van der Waals surface area contributed by atoms with E-state index in [1.165, 1.54) is 0 Å². The number of hydrogen-bond acceptors (Lipinski definition) is 3. The highest BCUT2D eigenvalue weighted by atomic mass is 15.0. The molecule has 0 atom stereocenters. The van der Waals surface area contributed by atoms with Crippen LogP contribution >= 0.6 is 0 Å². The zero-order chi connectivity index (χ0) is 8.55. The Hall–Kier alpha value is -1.58. The van der Waals surface area contributed by atoms with Crippen molar-refractivity contribution in [2.45, 2.75) is 13.3 Å². The molecule has 2 aromatic heterocycles. The van der Waals surface area contributed by atoms with Crippen molar-refractivity contribution < 1.29 is 0 Å². The molecule has 2 rings (SSSR count). The van der Waals surface area contributed by atoms with Gasteiger partial charge in [-0.05, 0) is 6.07 Å². The number of H-pyrrole nitrogens is 1. The van der Waals surface area contributed by atoms with Gasteiger partial charge in [0, 0.05) is 12.6 Å². The maximum atomic E-state index is 5.71. The molecule has 0 unspecified atom stereocenters. The van der Waals surface area contributed by atoms with E-state index < -0.39 is 0 Å². The Kier molecular flexibility index (Phi) is 1.46. The van der Waals surface area contributed by atoms with Crippen LogP contribution in [0, 0.1) is 0 Å². The summed E-state index contributed by atoms with van der Waals surface area (Å²) in [6.45, 7) is 2.04. The molecule has 0 radical (unpaired) electrons. The monoisotopic (exact) mass is 162 g/mol. The van der Waals surface area contributed by atoms with Crippen LogP contribution in [-0.2, 0) is 6.42 Å². The molecule has 0 bridgehead atoms. The van der Waals surface area contributed by atoms with Crippen molar-refractivity contribution in [3.05, 3.63) is 18.1 Å². The van der Waals surface area contributed by atoms with Gasteiger partial charge < -0.3 is 10.7 Å². The van der Waals surface area contributed by atoms with Crippen LogP contribution in [0.3, 0.4) is 0 Å². The van der Waals surface area contributed by atoms with E-state index in [1.54, 1.807) is 12.3 Å². The number of nitrogens with zero attached hydrogens (tertiary/aromatic N) is 2. The lowest BCUT2D eigenvalue weighted by Gasteiger charge is -1.90. The lowest BCUT2D eigenvalue weighted by molar-refractivity contribution is 0.997. The van der Waals surface area contributed by atoms with E-state index in [0.29, 0.717) is 11.3 Å². The number of pyridine rings is 1. The summed E-state index contributed by atoms with van der Waals surface area (Å²) in [7, 11) is 0. The van der Waals surface area contributed by atoms with Gasteiger partial charge in [-0.2, -0.15) is 0 Å². The number of aromatic nitrogens is 3. The van der Waals surface area contributed by atoms with Gasteiger partial charge in [0.05, 0.1) is 5.69 Å². The van der Waals surface area contributed by atoms with Crippen LogP contribution in [0.1, 0.15) is 12.7 Å². The minimum Gasteiger partial charge on any atom is -0.397 e. The summed E-state index contributed by atoms with van der Waals surface area (Å²) in [5.74, 6) is 0.926. The molecule has 0 saturated carbocycles. The van der Waals surface area contributed by atoms with Crippen molar-refractivity contribution in [3.63, 3.8) is 0 Å². The molecule has 2 heterocycles. The number of hydrogen-bond donors (Lipinski definition) is 2. The largest absolute Gasteiger partial charge is 0.397 e. The van der Waals surface area contributed by atoms with E-state index in [1.807, 2.05) is 6.92 Å². The third-order valence-electron chi connectivity index (χ3n) is 1.81. The van der Waals surface area contributed by atoms with Gasteiger partial charge in [0.1, 0.15) is 11.3 Å². The molecule has 0 aliphatic heterocycles. The Morgan fingerprint density at radius 2 is 2.42 bits per heavy atom. The van der Waals surface area contributed by atoms with Gasteiger partial charge in [0.25, 0.3) is 0 Å². The molecule has 0 saturated heterocycles. The second-order valence-electron chi connectivity index (χ2n) is 2.64. The van der Waals surface area contributed by atoms with Crippen LogP contribution in [0.2, 0.25) is 0 Å². The lowest BCUT2D eigenvalue weighted by Crippen LogP contribution is -1.87. The zero-order valence-corrected chi connectivity index (χ0v) is 6.83. The fraction of sp³-hybridized carbons (Fsp3) is 0.250. The van der Waals surface area contributed by atoms with Crippen LogP contribution in [-0.4, -0.2) is 15.0 Å². The minimum absolute atomic E-state index is 0.701. The number of fused-ring (bicyclic) bond motifs is 1. The minimum atomic E-state index is 0.701. The van der Waals surface area contributed by atoms with Gasteiger partial charge in [0.2, 0.25) is 0 Å². The third kappa shape index (κ3) is 0.922. The second-order valence-corrected chi connectivity index (χ2v) is 2.64. The Morgan fingerprint density at radius 3 is 3.08 bits per heavy atom. The number of nitrogens with two attached hydrogens (primary N) is 1. The summed E-state index contributed by atoms with van der Waals surface area (Å²) in [6.07, 6.45) is 2.54. The summed E-state index contributed by atoms with van der Waals surface area (Å²) in [6, 6.07) is 1.76. The molecular formula is C8H10N4. The maximum absolute atomic E-state index is 5.71. The number of aryl methyl sites for hydroxylation is 1. The quantitative estimate of drug-likeness (QED) is 0.659. The average molecular weight is 162 g/mol. The highest BCUT2D eigenvalue weighted by Crippen LogP contribution is 2.15. The third-order valence-corrected chi connectivity index (χ3v) is 1.81. The van der Waals surface area contributed by atoms with Gasteiger partial charge in [-0.1, -0.05) is 6.92 Å². The molecule has 62 valence electrons. The summed E-state index contributed by atoms with van der Waals surface area (Å²) in [5.41, 5.74) is 7.96. The normalized spacial score (nSPS) is 10.8. The molecule has 12 heavy (non-hydrogen) atoms. The van der Waals surface area contributed by atoms with E-state index in [9.17, 15) is 0 Å². The molecule has 0 aromatic carbocycles. The summed E-state index contributed by atoms with van der Waals surface area (Å²) in [4.78, 5) is 11.4. The van der Waals surface area contributed by atoms with E-state index >= 15 is 0 Å². The molecular weight excluding hydrogens is 152 g/mol. The molecule has 0 aliphatic carbocycles. The van der Waals surface area contributed by atoms with E-state index in [0.717, 1.165) is 17.8 Å². The van der Waals surface area contributed by atoms with E-state index in [-0.39, 0.29) is 0 Å². The summed E-state index contributed by atoms with van der Waals surface area (Å²) in [5, 5.41) is 0. The first-order valence-electron chi connectivity index (χ1n) is 3.90. The van der Waals surface area contributed by atoms with Crippen LogP contribution in [0.15, 0.2) is 12.3 Å². The van der Waals surface area contributed by atoms with E-state index in [4.69, 9.17) is 5.73 Å². The molecule has 0 amide bonds. The predicted octanol–water partition coefficient (Wildman–Crippen LogP) is 1.10. The van der Waals surface area contributed by atoms with Crippen LogP contribution in [0.4, 0.5) is 5.69 Å². The standard InChI is InChI=1S/C8H10N4/c1-2-6-11-7-5(9)3-4-10-8(7)12-6/h3-4H,2H2,1H3,(H3,9,10,11,12). The predicted molar refractivity (Wildman–Crippen MR) is 47.7 cm³/mol. The first-order valence-corrected chi connectivity index (χ1v) is 3.90. The van der Waals surface area contributed by atoms with Crippen molar-refractivity contribution in [2.75, 3.05) is 5.73 Å². The van der Waals surface area contributed by atoms with Crippen molar-refractivity contribution in [1.29, 1.82) is 0 Å². The topological polar surface area (TPSA) is 67.6 Å². The highest BCUT2D eigenvalue weighted by Gasteiger charge is 2.03. The van der Waals surface area contributed by atoms with Crippen LogP contribution < -0.4 is 5.73 Å². The Labute approximate surface area is 69.8 Å². The van der Waals surface area contributed by atoms with Gasteiger partial charge >= 0.3 is 0 Å². The van der Waals surface area contributed by atoms with Gasteiger partial charge in [-0.25, -0.2) is 9.97 Å². The number of rotatable bonds is 1. The molecule has 0 fully saturated rings. The van der Waals surface area contributed by atoms with Gasteiger partial charge in [-0.3, -0.25) is 0 Å². The molecule has 4 nitrogen and oxygen atoms in total. The van der Waals surface area contributed by atoms with Crippen LogP contribution in [0.25, 0.3) is 11.2 Å². The summed E-state index contributed by atoms with van der Waals surface area (Å²) >= 11 is 0. The molecule has 2 aromatic rings. The first kappa shape index (κ1) is 7.09. The highest BCUT2D eigenvalue weighted by molar-refractivity contribution is 5.83. The molecule has 0 spiro atoms.